The van der Waals surface area contributed by atoms with Crippen LogP contribution in [0.3, 0.4) is 0 Å². The minimum absolute atomic E-state index is 0.533. The third kappa shape index (κ3) is 6.38. The second-order valence-corrected chi connectivity index (χ2v) is 8.31. The van der Waals surface area contributed by atoms with Crippen molar-refractivity contribution in [2.75, 3.05) is 41.4 Å². The van der Waals surface area contributed by atoms with E-state index in [0.717, 1.165) is 55.4 Å². The van der Waals surface area contributed by atoms with E-state index in [-0.39, 0.29) is 0 Å². The molecule has 5 nitrogen and oxygen atoms in total. The van der Waals surface area contributed by atoms with E-state index in [1.807, 2.05) is 12.1 Å². The van der Waals surface area contributed by atoms with Gasteiger partial charge in [-0.1, -0.05) is 18.6 Å². The minimum atomic E-state index is 0.533. The summed E-state index contributed by atoms with van der Waals surface area (Å²) < 4.78 is 17.4. The van der Waals surface area contributed by atoms with Crippen LogP contribution in [0, 0.1) is 0 Å². The topological polar surface area (TPSA) is 43.0 Å². The monoisotopic (exact) mass is 412 g/mol. The normalized spacial score (nSPS) is 17.2. The van der Waals surface area contributed by atoms with Crippen LogP contribution in [-0.2, 0) is 12.8 Å². The van der Waals surface area contributed by atoms with Crippen molar-refractivity contribution in [2.24, 2.45) is 0 Å². The van der Waals surface area contributed by atoms with Crippen molar-refractivity contribution in [1.82, 2.24) is 10.2 Å². The summed E-state index contributed by atoms with van der Waals surface area (Å²) in [5.74, 6) is 2.95. The predicted octanol–water partition coefficient (Wildman–Crippen LogP) is 4.67. The first-order chi connectivity index (χ1) is 14.6. The average Bonchev–Trinajstić information content (AvgIpc) is 2.74. The maximum Gasteiger partial charge on any atom is 0.169 e. The number of aryl methyl sites for hydroxylation is 2. The van der Waals surface area contributed by atoms with Crippen LogP contribution in [0.4, 0.5) is 0 Å². The molecule has 4 bridgehead atoms. The molecule has 1 aliphatic heterocycles. The first-order valence-electron chi connectivity index (χ1n) is 11.0. The summed E-state index contributed by atoms with van der Waals surface area (Å²) in [6, 6.07) is 13.0. The minimum Gasteiger partial charge on any atom is -0.493 e. The van der Waals surface area contributed by atoms with Gasteiger partial charge in [-0.25, -0.2) is 0 Å². The van der Waals surface area contributed by atoms with E-state index < -0.39 is 0 Å². The van der Waals surface area contributed by atoms with Crippen molar-refractivity contribution in [1.29, 1.82) is 0 Å². The zero-order valence-corrected chi connectivity index (χ0v) is 18.9. The third-order valence-corrected chi connectivity index (χ3v) is 5.72. The Morgan fingerprint density at radius 3 is 2.13 bits per heavy atom. The van der Waals surface area contributed by atoms with Crippen molar-refractivity contribution >= 4 is 0 Å². The van der Waals surface area contributed by atoms with E-state index in [0.29, 0.717) is 6.04 Å². The summed E-state index contributed by atoms with van der Waals surface area (Å²) in [4.78, 5) is 2.23. The van der Waals surface area contributed by atoms with Gasteiger partial charge in [0.25, 0.3) is 0 Å². The fraction of sp³-hybridized carbons (Fsp3) is 0.520. The summed E-state index contributed by atoms with van der Waals surface area (Å²) in [6.07, 6.45) is 6.77. The van der Waals surface area contributed by atoms with Crippen molar-refractivity contribution in [3.8, 4) is 23.0 Å². The lowest BCUT2D eigenvalue weighted by atomic mass is 9.98. The Balaban J connectivity index is 1.84. The Morgan fingerprint density at radius 1 is 0.900 bits per heavy atom. The summed E-state index contributed by atoms with van der Waals surface area (Å²) in [6.45, 7) is 2.09. The number of ether oxygens (including phenoxy) is 3. The first-order valence-corrected chi connectivity index (χ1v) is 11.0. The Hall–Kier alpha value is -2.24. The Morgan fingerprint density at radius 2 is 1.53 bits per heavy atom. The molecule has 1 atom stereocenters. The largest absolute Gasteiger partial charge is 0.493 e. The zero-order valence-electron chi connectivity index (χ0n) is 18.9. The lowest BCUT2D eigenvalue weighted by Gasteiger charge is -2.21. The number of benzene rings is 2. The number of hydrogen-bond donors (Lipinski definition) is 1. The molecule has 0 saturated heterocycles. The molecule has 0 spiro atoms. The first kappa shape index (κ1) is 22.4. The van der Waals surface area contributed by atoms with Gasteiger partial charge in [0.15, 0.2) is 23.0 Å². The van der Waals surface area contributed by atoms with Crippen molar-refractivity contribution in [3.05, 3.63) is 47.5 Å². The molecule has 0 saturated carbocycles. The molecule has 1 unspecified atom stereocenters. The Bertz CT molecular complexity index is 807. The van der Waals surface area contributed by atoms with Crippen LogP contribution in [0.5, 0.6) is 23.0 Å². The molecule has 1 heterocycles. The van der Waals surface area contributed by atoms with E-state index in [2.05, 4.69) is 48.6 Å². The number of likely N-dealkylation sites (N-methyl/N-ethyl adjacent to an activating group) is 1. The summed E-state index contributed by atoms with van der Waals surface area (Å²) in [5, 5.41) is 3.77. The molecule has 5 heteroatoms. The second kappa shape index (κ2) is 11.2. The third-order valence-electron chi connectivity index (χ3n) is 5.72. The van der Waals surface area contributed by atoms with E-state index in [1.54, 1.807) is 14.2 Å². The highest BCUT2D eigenvalue weighted by Gasteiger charge is 2.15. The predicted molar refractivity (Wildman–Crippen MR) is 122 cm³/mol. The molecule has 0 radical (unpaired) electrons. The molecular weight excluding hydrogens is 376 g/mol. The summed E-state index contributed by atoms with van der Waals surface area (Å²) >= 11 is 0. The highest BCUT2D eigenvalue weighted by molar-refractivity contribution is 5.50. The van der Waals surface area contributed by atoms with Gasteiger partial charge in [-0.15, -0.1) is 0 Å². The SMILES string of the molecule is COc1ccc2cc1Oc1cc(ccc1OC)CCC(NCCN(C)C)CCCC2. The van der Waals surface area contributed by atoms with E-state index >= 15 is 0 Å². The van der Waals surface area contributed by atoms with E-state index in [1.165, 1.54) is 30.4 Å². The zero-order chi connectivity index (χ0) is 21.3. The maximum absolute atomic E-state index is 6.30. The fourth-order valence-electron chi connectivity index (χ4n) is 3.93. The molecule has 1 N–H and O–H groups in total. The molecular formula is C25H36N2O3. The van der Waals surface area contributed by atoms with Gasteiger partial charge in [-0.2, -0.15) is 0 Å². The number of nitrogens with one attached hydrogen (secondary N) is 1. The standard InChI is InChI=1S/C25H36N2O3/c1-27(2)16-15-26-21-8-6-5-7-19-10-13-22(28-3)24(17-19)30-25-18-20(9-12-21)11-14-23(25)29-4/h10-11,13-14,17-18,21,26H,5-9,12,15-16H2,1-4H3. The smallest absolute Gasteiger partial charge is 0.169 e. The molecule has 3 rings (SSSR count). The number of nitrogens with zero attached hydrogens (tertiary/aromatic N) is 1. The second-order valence-electron chi connectivity index (χ2n) is 8.31. The molecule has 1 aliphatic rings. The lowest BCUT2D eigenvalue weighted by molar-refractivity contribution is 0.354. The van der Waals surface area contributed by atoms with E-state index in [4.69, 9.17) is 14.2 Å². The van der Waals surface area contributed by atoms with Crippen LogP contribution in [0.2, 0.25) is 0 Å². The van der Waals surface area contributed by atoms with Gasteiger partial charge < -0.3 is 24.4 Å². The van der Waals surface area contributed by atoms with Crippen LogP contribution in [0.25, 0.3) is 0 Å². The molecule has 0 amide bonds. The molecule has 164 valence electrons. The lowest BCUT2D eigenvalue weighted by Crippen LogP contribution is -2.35. The number of methoxy groups -OCH3 is 2. The summed E-state index contributed by atoms with van der Waals surface area (Å²) in [7, 11) is 7.60. The van der Waals surface area contributed by atoms with Crippen LogP contribution in [-0.4, -0.2) is 52.3 Å². The number of rotatable bonds is 6. The van der Waals surface area contributed by atoms with Gasteiger partial charge in [0.2, 0.25) is 0 Å². The van der Waals surface area contributed by atoms with Gasteiger partial charge in [0.1, 0.15) is 0 Å². The van der Waals surface area contributed by atoms with Crippen LogP contribution in [0.1, 0.15) is 36.8 Å². The maximum atomic E-state index is 6.30. The highest BCUT2D eigenvalue weighted by Crippen LogP contribution is 2.38. The van der Waals surface area contributed by atoms with Gasteiger partial charge in [0.05, 0.1) is 14.2 Å². The van der Waals surface area contributed by atoms with Gasteiger partial charge in [0, 0.05) is 19.1 Å². The van der Waals surface area contributed by atoms with E-state index in [9.17, 15) is 0 Å². The molecule has 30 heavy (non-hydrogen) atoms. The van der Waals surface area contributed by atoms with Crippen LogP contribution in [0.15, 0.2) is 36.4 Å². The Labute approximate surface area is 181 Å². The number of hydrogen-bond acceptors (Lipinski definition) is 5. The van der Waals surface area contributed by atoms with Crippen molar-refractivity contribution in [3.63, 3.8) is 0 Å². The van der Waals surface area contributed by atoms with Crippen LogP contribution >= 0.6 is 0 Å². The van der Waals surface area contributed by atoms with Gasteiger partial charge in [-0.05, 0) is 81.6 Å². The molecule has 0 aromatic heterocycles. The molecule has 0 aliphatic carbocycles. The van der Waals surface area contributed by atoms with Crippen molar-refractivity contribution in [2.45, 2.75) is 44.6 Å². The quantitative estimate of drug-likeness (QED) is 0.747. The van der Waals surface area contributed by atoms with Crippen molar-refractivity contribution < 1.29 is 14.2 Å². The highest BCUT2D eigenvalue weighted by atomic mass is 16.5. The van der Waals surface area contributed by atoms with Gasteiger partial charge in [-0.3, -0.25) is 0 Å². The number of fused-ring (bicyclic) bond motifs is 4. The molecule has 0 fully saturated rings. The Kier molecular flexibility index (Phi) is 8.40. The average molecular weight is 413 g/mol. The van der Waals surface area contributed by atoms with Gasteiger partial charge >= 0.3 is 0 Å². The molecule has 2 aromatic carbocycles. The fourth-order valence-corrected chi connectivity index (χ4v) is 3.93. The summed E-state index contributed by atoms with van der Waals surface area (Å²) in [5.41, 5.74) is 2.53. The van der Waals surface area contributed by atoms with Crippen LogP contribution < -0.4 is 19.5 Å². The molecule has 2 aromatic rings.